The maximum Gasteiger partial charge on any atom is 0.324 e. The molecule has 0 amide bonds. The second-order valence-corrected chi connectivity index (χ2v) is 6.88. The van der Waals surface area contributed by atoms with E-state index < -0.39 is 0 Å². The number of rotatable bonds is 4. The fraction of sp³-hybridized carbons (Fsp3) is 0.941. The number of nitrogens with zero attached hydrogens (tertiary/aromatic N) is 1. The third kappa shape index (κ3) is 4.43. The Morgan fingerprint density at radius 3 is 2.81 bits per heavy atom. The van der Waals surface area contributed by atoms with Gasteiger partial charge in [-0.2, -0.15) is 0 Å². The molecule has 1 aliphatic heterocycles. The molecular formula is C17H32N2O2. The van der Waals surface area contributed by atoms with Crippen molar-refractivity contribution in [3.63, 3.8) is 0 Å². The van der Waals surface area contributed by atoms with E-state index in [0.717, 1.165) is 31.5 Å². The number of piperazine rings is 1. The number of hydrogen-bond donors (Lipinski definition) is 1. The molecule has 0 radical (unpaired) electrons. The highest BCUT2D eigenvalue weighted by atomic mass is 16.5. The van der Waals surface area contributed by atoms with Gasteiger partial charge in [-0.25, -0.2) is 0 Å². The summed E-state index contributed by atoms with van der Waals surface area (Å²) in [4.78, 5) is 14.6. The molecule has 3 unspecified atom stereocenters. The van der Waals surface area contributed by atoms with Crippen LogP contribution in [0.1, 0.15) is 52.9 Å². The zero-order chi connectivity index (χ0) is 15.2. The number of nitrogens with one attached hydrogen (secondary N) is 1. The van der Waals surface area contributed by atoms with E-state index in [9.17, 15) is 4.79 Å². The highest BCUT2D eigenvalue weighted by molar-refractivity contribution is 5.76. The number of carbonyl (C=O) groups is 1. The van der Waals surface area contributed by atoms with Crippen molar-refractivity contribution in [2.45, 2.75) is 65.0 Å². The van der Waals surface area contributed by atoms with Crippen LogP contribution in [0.2, 0.25) is 0 Å². The summed E-state index contributed by atoms with van der Waals surface area (Å²) < 4.78 is 5.27. The number of hydrogen-bond acceptors (Lipinski definition) is 4. The Labute approximate surface area is 129 Å². The topological polar surface area (TPSA) is 41.6 Å². The highest BCUT2D eigenvalue weighted by Crippen LogP contribution is 2.31. The van der Waals surface area contributed by atoms with Crippen LogP contribution >= 0.6 is 0 Å². The molecule has 2 aliphatic rings. The van der Waals surface area contributed by atoms with Gasteiger partial charge >= 0.3 is 5.97 Å². The van der Waals surface area contributed by atoms with E-state index in [1.165, 1.54) is 32.1 Å². The lowest BCUT2D eigenvalue weighted by atomic mass is 9.89. The Kier molecular flexibility index (Phi) is 6.49. The minimum Gasteiger partial charge on any atom is -0.465 e. The zero-order valence-corrected chi connectivity index (χ0v) is 13.9. The van der Waals surface area contributed by atoms with Gasteiger partial charge in [-0.1, -0.05) is 26.7 Å². The summed E-state index contributed by atoms with van der Waals surface area (Å²) in [5, 5.41) is 3.34. The summed E-state index contributed by atoms with van der Waals surface area (Å²) in [6.07, 6.45) is 6.43. The van der Waals surface area contributed by atoms with E-state index in [1.54, 1.807) is 0 Å². The summed E-state index contributed by atoms with van der Waals surface area (Å²) in [5.41, 5.74) is 0. The molecule has 2 fully saturated rings. The van der Waals surface area contributed by atoms with E-state index >= 15 is 0 Å². The Balaban J connectivity index is 1.98. The lowest BCUT2D eigenvalue weighted by Gasteiger charge is -2.40. The van der Waals surface area contributed by atoms with Crippen molar-refractivity contribution >= 4 is 5.97 Å². The summed E-state index contributed by atoms with van der Waals surface area (Å²) in [6, 6.07) is 0.476. The first kappa shape index (κ1) is 16.8. The van der Waals surface area contributed by atoms with Crippen LogP contribution in [0.4, 0.5) is 0 Å². The average Bonchev–Trinajstić information content (AvgIpc) is 2.73. The molecule has 1 saturated carbocycles. The summed E-state index contributed by atoms with van der Waals surface area (Å²) in [5.74, 6) is 1.60. The van der Waals surface area contributed by atoms with Crippen LogP contribution in [0, 0.1) is 11.8 Å². The predicted molar refractivity (Wildman–Crippen MR) is 85.2 cm³/mol. The Hall–Kier alpha value is -0.610. The molecule has 21 heavy (non-hydrogen) atoms. The van der Waals surface area contributed by atoms with Crippen molar-refractivity contribution in [2.24, 2.45) is 11.8 Å². The molecule has 2 rings (SSSR count). The number of carbonyl (C=O) groups excluding carboxylic acids is 1. The average molecular weight is 296 g/mol. The Morgan fingerprint density at radius 2 is 2.10 bits per heavy atom. The molecule has 122 valence electrons. The Bertz CT molecular complexity index is 333. The lowest BCUT2D eigenvalue weighted by Crippen LogP contribution is -2.58. The van der Waals surface area contributed by atoms with Crippen LogP contribution in [-0.2, 0) is 9.53 Å². The zero-order valence-electron chi connectivity index (χ0n) is 13.9. The van der Waals surface area contributed by atoms with Crippen molar-refractivity contribution in [3.8, 4) is 0 Å². The first-order valence-corrected chi connectivity index (χ1v) is 8.76. The monoisotopic (exact) mass is 296 g/mol. The highest BCUT2D eigenvalue weighted by Gasteiger charge is 2.35. The van der Waals surface area contributed by atoms with Gasteiger partial charge in [0.25, 0.3) is 0 Å². The van der Waals surface area contributed by atoms with Crippen molar-refractivity contribution in [1.82, 2.24) is 10.2 Å². The Morgan fingerprint density at radius 1 is 1.29 bits per heavy atom. The second-order valence-electron chi connectivity index (χ2n) is 6.88. The van der Waals surface area contributed by atoms with E-state index in [-0.39, 0.29) is 12.0 Å². The SMILES string of the molecule is CCOC(=O)C1CNCCN1C1CCCC(C(C)C)CC1. The number of ether oxygens (including phenoxy) is 1. The van der Waals surface area contributed by atoms with Crippen LogP contribution in [0.3, 0.4) is 0 Å². The van der Waals surface area contributed by atoms with Crippen LogP contribution in [0.5, 0.6) is 0 Å². The van der Waals surface area contributed by atoms with Gasteiger partial charge in [0.1, 0.15) is 6.04 Å². The minimum atomic E-state index is -0.0840. The van der Waals surface area contributed by atoms with Gasteiger partial charge in [-0.05, 0) is 38.0 Å². The van der Waals surface area contributed by atoms with Crippen molar-refractivity contribution in [3.05, 3.63) is 0 Å². The van der Waals surface area contributed by atoms with Crippen LogP contribution in [0.15, 0.2) is 0 Å². The van der Waals surface area contributed by atoms with Gasteiger partial charge in [0.2, 0.25) is 0 Å². The molecule has 1 saturated heterocycles. The molecule has 0 aromatic heterocycles. The van der Waals surface area contributed by atoms with Gasteiger partial charge in [-0.3, -0.25) is 9.69 Å². The molecule has 0 aromatic carbocycles. The molecule has 4 nitrogen and oxygen atoms in total. The largest absolute Gasteiger partial charge is 0.465 e. The normalized spacial score (nSPS) is 31.9. The summed E-state index contributed by atoms with van der Waals surface area (Å²) >= 11 is 0. The fourth-order valence-corrected chi connectivity index (χ4v) is 3.92. The third-order valence-electron chi connectivity index (χ3n) is 5.24. The van der Waals surface area contributed by atoms with Crippen LogP contribution < -0.4 is 5.32 Å². The fourth-order valence-electron chi connectivity index (χ4n) is 3.92. The lowest BCUT2D eigenvalue weighted by molar-refractivity contribution is -0.151. The van der Waals surface area contributed by atoms with Crippen LogP contribution in [0.25, 0.3) is 0 Å². The molecule has 0 aromatic rings. The van der Waals surface area contributed by atoms with Crippen molar-refractivity contribution in [1.29, 1.82) is 0 Å². The molecule has 4 heteroatoms. The van der Waals surface area contributed by atoms with Crippen molar-refractivity contribution < 1.29 is 9.53 Å². The maximum absolute atomic E-state index is 12.2. The van der Waals surface area contributed by atoms with Gasteiger partial charge in [0.05, 0.1) is 6.61 Å². The quantitative estimate of drug-likeness (QED) is 0.639. The molecule has 0 bridgehead atoms. The molecule has 1 heterocycles. The van der Waals surface area contributed by atoms with Crippen LogP contribution in [-0.4, -0.2) is 49.2 Å². The van der Waals surface area contributed by atoms with E-state index in [2.05, 4.69) is 24.1 Å². The van der Waals surface area contributed by atoms with Crippen molar-refractivity contribution in [2.75, 3.05) is 26.2 Å². The molecule has 3 atom stereocenters. The second kappa shape index (κ2) is 8.14. The summed E-state index contributed by atoms with van der Waals surface area (Å²) in [6.45, 7) is 9.75. The van der Waals surface area contributed by atoms with Gasteiger partial charge in [-0.15, -0.1) is 0 Å². The third-order valence-corrected chi connectivity index (χ3v) is 5.24. The number of esters is 1. The molecule has 1 N–H and O–H groups in total. The van der Waals surface area contributed by atoms with Gasteiger partial charge in [0, 0.05) is 25.7 Å². The first-order valence-electron chi connectivity index (χ1n) is 8.76. The predicted octanol–water partition coefficient (Wildman–Crippen LogP) is 2.43. The summed E-state index contributed by atoms with van der Waals surface area (Å²) in [7, 11) is 0. The maximum atomic E-state index is 12.2. The van der Waals surface area contributed by atoms with E-state index in [4.69, 9.17) is 4.74 Å². The molecule has 0 spiro atoms. The van der Waals surface area contributed by atoms with E-state index in [0.29, 0.717) is 12.6 Å². The standard InChI is InChI=1S/C17H32N2O2/c1-4-21-17(20)16-12-18-10-11-19(16)15-7-5-6-14(8-9-15)13(2)3/h13-16,18H,4-12H2,1-3H3. The van der Waals surface area contributed by atoms with E-state index in [1.807, 2.05) is 6.92 Å². The van der Waals surface area contributed by atoms with Gasteiger partial charge in [0.15, 0.2) is 0 Å². The van der Waals surface area contributed by atoms with Gasteiger partial charge < -0.3 is 10.1 Å². The molecule has 1 aliphatic carbocycles. The smallest absolute Gasteiger partial charge is 0.324 e. The minimum absolute atomic E-state index is 0.0469. The first-order chi connectivity index (χ1) is 10.1. The molecular weight excluding hydrogens is 264 g/mol.